The summed E-state index contributed by atoms with van der Waals surface area (Å²) in [6.07, 6.45) is -2.39. The zero-order valence-electron chi connectivity index (χ0n) is 61.4. The predicted octanol–water partition coefficient (Wildman–Crippen LogP) is 23.4. The number of H-pyrrole nitrogens is 1. The molecule has 9 aromatic heterocycles. The number of nitrogens with one attached hydrogen (secondary N) is 1. The molecule has 0 saturated carbocycles. The standard InChI is InChI=1S/C8H7F3.C8H7N.C7H7Cl.C7H7F.C6H9NO.C6H9NS.C5H4F3NS.C5H7NO.2C5H7NS.C4H5NO.C4H5NS.C2H4N4.CH3Cl/c1-6-2-4-7(5-3-6)8(9,10)11;1-7-2-4-8(6-9)5-3-7;2*1-6-2-4-7(8)5-3-6;2*1-4-5(2)8-6(3)7-4;1-3-9-4(2-10-3)5(6,7)8;3*1-4-3-7-5(2)6-4;2*1-4-2-6-3-5-4;1-2-3-5-6-4-2;1-2/h2-5H,1H3;2-5H,1H3;2*2-5H,1H3;2*1-3H3;2H,1H3;3*3H,1-2H3;2*2-3H,1H3;1H3,(H,3,4,5,6);1H3. The first-order chi connectivity index (χ1) is 48.3. The van der Waals surface area contributed by atoms with Crippen LogP contribution >= 0.6 is 79.9 Å². The second-order valence-electron chi connectivity index (χ2n) is 21.2. The highest BCUT2D eigenvalue weighted by molar-refractivity contribution is 7.11. The third kappa shape index (κ3) is 48.8. The van der Waals surface area contributed by atoms with Gasteiger partial charge in [-0.2, -0.15) is 36.8 Å². The van der Waals surface area contributed by atoms with Crippen LogP contribution in [0.1, 0.15) is 127 Å². The summed E-state index contributed by atoms with van der Waals surface area (Å²) >= 11 is 18.0. The monoisotopic (exact) mass is 1560 g/mol. The summed E-state index contributed by atoms with van der Waals surface area (Å²) < 4.78 is 97.6. The number of oxazole rings is 3. The molecule has 1 N–H and O–H groups in total. The fourth-order valence-corrected chi connectivity index (χ4v) is 9.66. The van der Waals surface area contributed by atoms with E-state index in [0.29, 0.717) is 10.8 Å². The molecule has 16 nitrogen and oxygen atoms in total. The van der Waals surface area contributed by atoms with Gasteiger partial charge in [0, 0.05) is 68.7 Å². The van der Waals surface area contributed by atoms with E-state index < -0.39 is 23.6 Å². The molecule has 0 fully saturated rings. The van der Waals surface area contributed by atoms with Crippen LogP contribution in [0.25, 0.3) is 0 Å². The molecule has 0 atom stereocenters. The molecule has 0 aliphatic heterocycles. The summed E-state index contributed by atoms with van der Waals surface area (Å²) in [5, 5.41) is 32.9. The predicted molar refractivity (Wildman–Crippen MR) is 406 cm³/mol. The van der Waals surface area contributed by atoms with Crippen molar-refractivity contribution in [2.75, 3.05) is 6.38 Å². The van der Waals surface area contributed by atoms with Gasteiger partial charge < -0.3 is 13.3 Å². The van der Waals surface area contributed by atoms with Crippen molar-refractivity contribution in [3.8, 4) is 6.07 Å². The third-order valence-corrected chi connectivity index (χ3v) is 16.0. The number of nitriles is 1. The molecule has 30 heteroatoms. The second-order valence-corrected chi connectivity index (χ2v) is 26.9. The maximum absolute atomic E-state index is 12.1. The maximum Gasteiger partial charge on any atom is 0.434 e. The molecule has 0 unspecified atom stereocenters. The van der Waals surface area contributed by atoms with Crippen molar-refractivity contribution in [1.82, 2.24) is 60.5 Å². The van der Waals surface area contributed by atoms with Crippen molar-refractivity contribution < 1.29 is 44.0 Å². The quantitative estimate of drug-likeness (QED) is 0.110. The summed E-state index contributed by atoms with van der Waals surface area (Å²) in [4.78, 5) is 32.8. The highest BCUT2D eigenvalue weighted by atomic mass is 35.5. The highest BCUT2D eigenvalue weighted by Crippen LogP contribution is 2.30. The van der Waals surface area contributed by atoms with Gasteiger partial charge in [-0.05, 0) is 173 Å². The maximum atomic E-state index is 12.1. The molecule has 4 aromatic carbocycles. The molecule has 0 aliphatic rings. The SMILES string of the molecule is CCl.Cc1ccc(C#N)cc1.Cc1ccc(C(F)(F)F)cc1.Cc1ccc(Cl)cc1.Cc1ccc(F)cc1.Cc1coc(C)n1.Cc1cocn1.Cc1csc(C)n1.Cc1csc(C)n1.Cc1cscn1.Cc1nc(C(F)(F)F)cs1.Cc1nc(C)c(C)o1.Cc1nc(C)c(C)s1.Cc1nn[nH]n1. The molecule has 13 aromatic rings. The fraction of sp³-hybridized carbons (Fsp3) is 0.315. The van der Waals surface area contributed by atoms with Gasteiger partial charge in [0.05, 0.1) is 65.5 Å². The number of hydrogen-bond donors (Lipinski definition) is 1. The average molecular weight is 1560 g/mol. The highest BCUT2D eigenvalue weighted by Gasteiger charge is 2.33. The number of tetrazole rings is 1. The van der Waals surface area contributed by atoms with E-state index in [1.165, 1.54) is 63.7 Å². The molecule has 9 heterocycles. The Hall–Kier alpha value is -8.69. The van der Waals surface area contributed by atoms with Gasteiger partial charge in [0.2, 0.25) is 0 Å². The zero-order chi connectivity index (χ0) is 78.3. The summed E-state index contributed by atoms with van der Waals surface area (Å²) in [6.45, 7) is 38.5. The Morgan fingerprint density at radius 2 is 0.981 bits per heavy atom. The Bertz CT molecular complexity index is 3880. The number of halogens is 9. The Morgan fingerprint density at radius 3 is 1.17 bits per heavy atom. The molecule has 0 amide bonds. The van der Waals surface area contributed by atoms with Gasteiger partial charge in [-0.1, -0.05) is 87.6 Å². The number of benzene rings is 4. The Labute approximate surface area is 629 Å². The largest absolute Gasteiger partial charge is 0.452 e. The minimum absolute atomic E-state index is 0.171. The molecule has 13 rings (SSSR count). The zero-order valence-corrected chi connectivity index (χ0v) is 67.0. The van der Waals surface area contributed by atoms with Crippen molar-refractivity contribution in [2.45, 2.75) is 151 Å². The number of aromatic nitrogens is 12. The molecule has 0 saturated heterocycles. The van der Waals surface area contributed by atoms with Crippen LogP contribution in [-0.4, -0.2) is 66.9 Å². The van der Waals surface area contributed by atoms with Crippen molar-refractivity contribution in [3.05, 3.63) is 281 Å². The Balaban J connectivity index is 0.00000110. The lowest BCUT2D eigenvalue weighted by Crippen LogP contribution is -2.04. The number of hydrogen-bond acceptors (Lipinski definition) is 20. The van der Waals surface area contributed by atoms with E-state index in [0.717, 1.165) is 112 Å². The number of nitrogens with zero attached hydrogens (tertiary/aromatic N) is 12. The number of rotatable bonds is 0. The van der Waals surface area contributed by atoms with E-state index in [9.17, 15) is 30.7 Å². The van der Waals surface area contributed by atoms with Gasteiger partial charge in [0.1, 0.15) is 24.1 Å². The van der Waals surface area contributed by atoms with E-state index in [-0.39, 0.29) is 5.82 Å². The van der Waals surface area contributed by atoms with Crippen LogP contribution in [-0.2, 0) is 12.4 Å². The average Bonchev–Trinajstić information content (AvgIpc) is 1.78. The minimum Gasteiger partial charge on any atom is -0.452 e. The van der Waals surface area contributed by atoms with Gasteiger partial charge in [0.25, 0.3) is 0 Å². The minimum atomic E-state index is -4.29. The Kier molecular flexibility index (Phi) is 47.9. The normalized spacial score (nSPS) is 9.64. The smallest absolute Gasteiger partial charge is 0.434 e. The molecule has 0 spiro atoms. The van der Waals surface area contributed by atoms with Crippen molar-refractivity contribution in [2.24, 2.45) is 0 Å². The van der Waals surface area contributed by atoms with Crippen molar-refractivity contribution in [1.29, 1.82) is 5.26 Å². The molecule has 103 heavy (non-hydrogen) atoms. The topological polar surface area (TPSA) is 221 Å². The molecular weight excluding hydrogens is 1470 g/mol. The van der Waals surface area contributed by atoms with Gasteiger partial charge in [-0.3, -0.25) is 4.98 Å². The molecule has 0 aliphatic carbocycles. The number of alkyl halides is 7. The number of aromatic amines is 1. The summed E-state index contributed by atoms with van der Waals surface area (Å²) in [5.41, 5.74) is 12.9. The second kappa shape index (κ2) is 52.3. The van der Waals surface area contributed by atoms with Crippen molar-refractivity contribution >= 4 is 79.9 Å². The van der Waals surface area contributed by atoms with Crippen LogP contribution in [0.3, 0.4) is 0 Å². The van der Waals surface area contributed by atoms with Crippen LogP contribution in [0, 0.1) is 156 Å². The van der Waals surface area contributed by atoms with E-state index >= 15 is 0 Å². The van der Waals surface area contributed by atoms with Gasteiger partial charge in [-0.25, -0.2) is 39.3 Å². The number of thiazole rings is 5. The van der Waals surface area contributed by atoms with E-state index in [4.69, 9.17) is 25.7 Å². The lowest BCUT2D eigenvalue weighted by atomic mass is 10.1. The Morgan fingerprint density at radius 1 is 0.485 bits per heavy atom. The van der Waals surface area contributed by atoms with E-state index in [2.05, 4.69) is 100 Å². The van der Waals surface area contributed by atoms with Crippen LogP contribution < -0.4 is 0 Å². The lowest BCUT2D eigenvalue weighted by molar-refractivity contribution is -0.141. The summed E-state index contributed by atoms with van der Waals surface area (Å²) in [5.74, 6) is 2.91. The summed E-state index contributed by atoms with van der Waals surface area (Å²) in [6, 6.07) is 28.7. The van der Waals surface area contributed by atoms with Crippen LogP contribution in [0.4, 0.5) is 30.7 Å². The molecule has 556 valence electrons. The van der Waals surface area contributed by atoms with Crippen LogP contribution in [0.2, 0.25) is 5.02 Å². The number of aryl methyl sites for hydroxylation is 20. The van der Waals surface area contributed by atoms with Gasteiger partial charge in [0.15, 0.2) is 29.7 Å². The van der Waals surface area contributed by atoms with E-state index in [1.807, 2.05) is 170 Å². The van der Waals surface area contributed by atoms with Crippen molar-refractivity contribution in [3.63, 3.8) is 0 Å². The van der Waals surface area contributed by atoms with E-state index in [1.54, 1.807) is 90.8 Å². The molecular formula is C73H88Cl2F7N13O3S5. The molecule has 0 bridgehead atoms. The lowest BCUT2D eigenvalue weighted by Gasteiger charge is -2.05. The first-order valence-electron chi connectivity index (χ1n) is 30.6. The summed E-state index contributed by atoms with van der Waals surface area (Å²) in [7, 11) is 0. The first-order valence-corrected chi connectivity index (χ1v) is 36.2. The fourth-order valence-electron chi connectivity index (χ4n) is 6.37. The molecule has 0 radical (unpaired) electrons. The van der Waals surface area contributed by atoms with Gasteiger partial charge >= 0.3 is 12.4 Å². The van der Waals surface area contributed by atoms with Gasteiger partial charge in [-0.15, -0.1) is 78.5 Å². The first kappa shape index (κ1) is 94.3. The van der Waals surface area contributed by atoms with Crippen LogP contribution in [0.5, 0.6) is 0 Å². The van der Waals surface area contributed by atoms with Crippen LogP contribution in [0.15, 0.2) is 156 Å². The third-order valence-electron chi connectivity index (χ3n) is 11.5.